The number of nitrogens with zero attached hydrogens (tertiary/aromatic N) is 1. The Hall–Kier alpha value is -1.39. The third kappa shape index (κ3) is 3.81. The number of carbonyl (C=O) groups is 1. The summed E-state index contributed by atoms with van der Waals surface area (Å²) in [6.45, 7) is 5.42. The molecular formula is C16H24N2O2. The average molecular weight is 276 g/mol. The number of carbonyl (C=O) groups excluding carboxylic acids is 1. The van der Waals surface area contributed by atoms with E-state index < -0.39 is 6.10 Å². The fourth-order valence-electron chi connectivity index (χ4n) is 2.70. The van der Waals surface area contributed by atoms with Crippen LogP contribution in [-0.4, -0.2) is 42.1 Å². The molecule has 1 aromatic rings. The number of hydrogen-bond acceptors (Lipinski definition) is 3. The van der Waals surface area contributed by atoms with Gasteiger partial charge in [0, 0.05) is 13.1 Å². The van der Waals surface area contributed by atoms with Gasteiger partial charge in [-0.05, 0) is 44.3 Å². The normalized spacial score (nSPS) is 17.7. The van der Waals surface area contributed by atoms with Crippen molar-refractivity contribution in [2.45, 2.75) is 25.9 Å². The van der Waals surface area contributed by atoms with Gasteiger partial charge in [0.15, 0.2) is 6.10 Å². The first-order valence-electron chi connectivity index (χ1n) is 7.45. The van der Waals surface area contributed by atoms with Gasteiger partial charge in [-0.3, -0.25) is 4.79 Å². The molecule has 0 spiro atoms. The molecule has 1 fully saturated rings. The quantitative estimate of drug-likeness (QED) is 0.858. The molecule has 0 bridgehead atoms. The number of piperidine rings is 1. The topological polar surface area (TPSA) is 52.6 Å². The summed E-state index contributed by atoms with van der Waals surface area (Å²) in [6, 6.07) is 9.15. The maximum atomic E-state index is 12.4. The molecule has 0 aromatic heterocycles. The minimum atomic E-state index is -1.04. The van der Waals surface area contributed by atoms with Gasteiger partial charge >= 0.3 is 0 Å². The van der Waals surface area contributed by atoms with E-state index in [1.54, 1.807) is 17.0 Å². The van der Waals surface area contributed by atoms with E-state index in [0.717, 1.165) is 32.5 Å². The Bertz CT molecular complexity index is 416. The van der Waals surface area contributed by atoms with Gasteiger partial charge in [-0.15, -0.1) is 0 Å². The predicted molar refractivity (Wildman–Crippen MR) is 79.2 cm³/mol. The van der Waals surface area contributed by atoms with E-state index in [0.29, 0.717) is 18.0 Å². The molecule has 1 aliphatic rings. The van der Waals surface area contributed by atoms with Gasteiger partial charge in [0.2, 0.25) is 0 Å². The molecule has 2 N–H and O–H groups in total. The summed E-state index contributed by atoms with van der Waals surface area (Å²) in [5, 5.41) is 13.5. The lowest BCUT2D eigenvalue weighted by Crippen LogP contribution is -2.41. The number of amides is 1. The van der Waals surface area contributed by atoms with Crippen LogP contribution >= 0.6 is 0 Å². The van der Waals surface area contributed by atoms with Crippen LogP contribution in [0.1, 0.15) is 31.4 Å². The first kappa shape index (κ1) is 15.0. The lowest BCUT2D eigenvalue weighted by Gasteiger charge is -2.30. The van der Waals surface area contributed by atoms with Crippen LogP contribution in [0.2, 0.25) is 0 Å². The molecule has 0 saturated carbocycles. The molecule has 20 heavy (non-hydrogen) atoms. The molecule has 0 aliphatic carbocycles. The molecular weight excluding hydrogens is 252 g/mol. The first-order valence-corrected chi connectivity index (χ1v) is 7.45. The fraction of sp³-hybridized carbons (Fsp3) is 0.562. The highest BCUT2D eigenvalue weighted by Gasteiger charge is 2.25. The Labute approximate surface area is 120 Å². The Morgan fingerprint density at radius 2 is 2.00 bits per heavy atom. The predicted octanol–water partition coefficient (Wildman–Crippen LogP) is 1.57. The van der Waals surface area contributed by atoms with Crippen LogP contribution in [0.25, 0.3) is 0 Å². The van der Waals surface area contributed by atoms with Crippen LogP contribution in [-0.2, 0) is 4.79 Å². The van der Waals surface area contributed by atoms with E-state index in [9.17, 15) is 9.90 Å². The number of nitrogens with one attached hydrogen (secondary N) is 1. The molecule has 4 heteroatoms. The smallest absolute Gasteiger partial charge is 0.256 e. The molecule has 1 heterocycles. The summed E-state index contributed by atoms with van der Waals surface area (Å²) in [6.07, 6.45) is 1.16. The van der Waals surface area contributed by atoms with Crippen molar-refractivity contribution in [1.82, 2.24) is 10.2 Å². The number of hydrogen-bond donors (Lipinski definition) is 2. The highest BCUT2D eigenvalue weighted by Crippen LogP contribution is 2.19. The number of likely N-dealkylation sites (N-methyl/N-ethyl adjacent to an activating group) is 1. The first-order chi connectivity index (χ1) is 9.72. The molecule has 4 nitrogen and oxygen atoms in total. The van der Waals surface area contributed by atoms with E-state index in [4.69, 9.17) is 0 Å². The number of rotatable bonds is 5. The van der Waals surface area contributed by atoms with Gasteiger partial charge in [-0.25, -0.2) is 0 Å². The number of aliphatic hydroxyl groups is 1. The molecule has 0 radical (unpaired) electrons. The SMILES string of the molecule is CCN(CC1CCNCC1)C(=O)C(O)c1ccccc1. The highest BCUT2D eigenvalue weighted by atomic mass is 16.3. The fourth-order valence-corrected chi connectivity index (χ4v) is 2.70. The maximum Gasteiger partial charge on any atom is 0.256 e. The Morgan fingerprint density at radius 3 is 2.60 bits per heavy atom. The zero-order valence-corrected chi connectivity index (χ0v) is 12.1. The van der Waals surface area contributed by atoms with Crippen molar-refractivity contribution < 1.29 is 9.90 Å². The summed E-state index contributed by atoms with van der Waals surface area (Å²) in [7, 11) is 0. The second kappa shape index (κ2) is 7.41. The van der Waals surface area contributed by atoms with Gasteiger partial charge in [0.1, 0.15) is 0 Å². The van der Waals surface area contributed by atoms with Gasteiger partial charge in [0.25, 0.3) is 5.91 Å². The van der Waals surface area contributed by atoms with Crippen molar-refractivity contribution in [3.63, 3.8) is 0 Å². The molecule has 1 aliphatic heterocycles. The van der Waals surface area contributed by atoms with Crippen molar-refractivity contribution in [2.75, 3.05) is 26.2 Å². The average Bonchev–Trinajstić information content (AvgIpc) is 2.53. The summed E-state index contributed by atoms with van der Waals surface area (Å²) >= 11 is 0. The zero-order chi connectivity index (χ0) is 14.4. The minimum Gasteiger partial charge on any atom is -0.378 e. The lowest BCUT2D eigenvalue weighted by molar-refractivity contribution is -0.141. The molecule has 2 rings (SSSR count). The van der Waals surface area contributed by atoms with Gasteiger partial charge in [0.05, 0.1) is 0 Å². The minimum absolute atomic E-state index is 0.183. The van der Waals surface area contributed by atoms with Gasteiger partial charge in [-0.1, -0.05) is 30.3 Å². The van der Waals surface area contributed by atoms with Crippen LogP contribution in [0.4, 0.5) is 0 Å². The standard InChI is InChI=1S/C16H24N2O2/c1-2-18(12-13-8-10-17-11-9-13)16(20)15(19)14-6-4-3-5-7-14/h3-7,13,15,17,19H,2,8-12H2,1H3. The van der Waals surface area contributed by atoms with Crippen LogP contribution in [0.3, 0.4) is 0 Å². The molecule has 1 unspecified atom stereocenters. The summed E-state index contributed by atoms with van der Waals surface area (Å²) in [5.41, 5.74) is 0.668. The Balaban J connectivity index is 1.97. The monoisotopic (exact) mass is 276 g/mol. The number of aliphatic hydroxyl groups excluding tert-OH is 1. The molecule has 1 amide bonds. The molecule has 110 valence electrons. The van der Waals surface area contributed by atoms with Crippen molar-refractivity contribution in [3.05, 3.63) is 35.9 Å². The van der Waals surface area contributed by atoms with Gasteiger partial charge in [-0.2, -0.15) is 0 Å². The molecule has 1 aromatic carbocycles. The van der Waals surface area contributed by atoms with E-state index >= 15 is 0 Å². The summed E-state index contributed by atoms with van der Waals surface area (Å²) in [5.74, 6) is 0.361. The maximum absolute atomic E-state index is 12.4. The second-order valence-corrected chi connectivity index (χ2v) is 5.38. The second-order valence-electron chi connectivity index (χ2n) is 5.38. The van der Waals surface area contributed by atoms with Crippen molar-refractivity contribution in [2.24, 2.45) is 5.92 Å². The van der Waals surface area contributed by atoms with E-state index in [1.807, 2.05) is 25.1 Å². The Morgan fingerprint density at radius 1 is 1.35 bits per heavy atom. The third-order valence-electron chi connectivity index (χ3n) is 3.98. The van der Waals surface area contributed by atoms with Crippen molar-refractivity contribution >= 4 is 5.91 Å². The number of benzene rings is 1. The van der Waals surface area contributed by atoms with E-state index in [2.05, 4.69) is 5.32 Å². The highest BCUT2D eigenvalue weighted by molar-refractivity contribution is 5.82. The van der Waals surface area contributed by atoms with E-state index in [-0.39, 0.29) is 5.91 Å². The van der Waals surface area contributed by atoms with Crippen LogP contribution in [0.5, 0.6) is 0 Å². The van der Waals surface area contributed by atoms with E-state index in [1.165, 1.54) is 0 Å². The summed E-state index contributed by atoms with van der Waals surface area (Å²) in [4.78, 5) is 14.2. The van der Waals surface area contributed by atoms with Crippen molar-refractivity contribution in [3.8, 4) is 0 Å². The van der Waals surface area contributed by atoms with Gasteiger partial charge < -0.3 is 15.3 Å². The molecule has 1 atom stereocenters. The van der Waals surface area contributed by atoms with Crippen LogP contribution in [0.15, 0.2) is 30.3 Å². The Kier molecular flexibility index (Phi) is 5.56. The zero-order valence-electron chi connectivity index (χ0n) is 12.1. The van der Waals surface area contributed by atoms with Crippen molar-refractivity contribution in [1.29, 1.82) is 0 Å². The third-order valence-corrected chi connectivity index (χ3v) is 3.98. The van der Waals surface area contributed by atoms with Crippen LogP contribution < -0.4 is 5.32 Å². The lowest BCUT2D eigenvalue weighted by atomic mass is 9.97. The summed E-state index contributed by atoms with van der Waals surface area (Å²) < 4.78 is 0. The molecule has 1 saturated heterocycles. The largest absolute Gasteiger partial charge is 0.378 e. The van der Waals surface area contributed by atoms with Crippen LogP contribution in [0, 0.1) is 5.92 Å².